The summed E-state index contributed by atoms with van der Waals surface area (Å²) in [6, 6.07) is 33.5. The van der Waals surface area contributed by atoms with E-state index in [0.29, 0.717) is 0 Å². The molecular formula is C52H59N3O2S. The highest BCUT2D eigenvalue weighted by Gasteiger charge is 2.22. The molecule has 58 heavy (non-hydrogen) atoms. The van der Waals surface area contributed by atoms with E-state index in [-0.39, 0.29) is 16.4 Å². The number of nitriles is 1. The molecule has 0 saturated carbocycles. The molecule has 0 aliphatic carbocycles. The lowest BCUT2D eigenvalue weighted by atomic mass is 9.85. The molecule has 0 amide bonds. The number of thiophene rings is 1. The Hall–Kier alpha value is -5.12. The van der Waals surface area contributed by atoms with Crippen molar-refractivity contribution in [3.05, 3.63) is 107 Å². The largest absolute Gasteiger partial charge is 0.477 e. The molecule has 5 nitrogen and oxygen atoms in total. The Bertz CT molecular complexity index is 2610. The highest BCUT2D eigenvalue weighted by Crippen LogP contribution is 2.40. The monoisotopic (exact) mass is 789 g/mol. The van der Waals surface area contributed by atoms with Crippen LogP contribution < -0.4 is 0 Å². The minimum atomic E-state index is -1.21. The summed E-state index contributed by atoms with van der Waals surface area (Å²) in [7, 11) is 0. The lowest BCUT2D eigenvalue weighted by Crippen LogP contribution is -2.10. The number of rotatable bonds is 15. The fourth-order valence-electron chi connectivity index (χ4n) is 8.49. The predicted octanol–water partition coefficient (Wildman–Crippen LogP) is 15.1. The fraction of sp³-hybridized carbons (Fsp3) is 0.385. The molecular weight excluding hydrogens is 731 g/mol. The van der Waals surface area contributed by atoms with Gasteiger partial charge in [0.25, 0.3) is 0 Å². The molecule has 7 aromatic rings. The van der Waals surface area contributed by atoms with Crippen molar-refractivity contribution in [3.63, 3.8) is 0 Å². The van der Waals surface area contributed by atoms with Gasteiger partial charge < -0.3 is 14.2 Å². The summed E-state index contributed by atoms with van der Waals surface area (Å²) in [4.78, 5) is 13.3. The van der Waals surface area contributed by atoms with Gasteiger partial charge in [0.2, 0.25) is 0 Å². The summed E-state index contributed by atoms with van der Waals surface area (Å²) in [5.41, 5.74) is 9.58. The highest BCUT2D eigenvalue weighted by atomic mass is 32.1. The third-order valence-electron chi connectivity index (χ3n) is 11.9. The number of aliphatic carboxylic acids is 1. The van der Waals surface area contributed by atoms with E-state index in [1.54, 1.807) is 6.07 Å². The quantitative estimate of drug-likeness (QED) is 0.0639. The van der Waals surface area contributed by atoms with Crippen molar-refractivity contribution in [2.75, 3.05) is 0 Å². The lowest BCUT2D eigenvalue weighted by molar-refractivity contribution is -0.132. The number of carboxylic acid groups (broad SMARTS) is 1. The first-order chi connectivity index (χ1) is 27.8. The standard InChI is InChI=1S/C52H59N3O2S/c1-8-9-10-11-12-13-14-15-16-17-28-54-45-23-18-35(49-27-22-40(58-49)29-36(34-53)50(56)57)30-41(45)44-33-39(21-26-46(44)54)55-47-24-19-37(51(2,3)4)31-42(47)43-32-38(52(5,6)7)20-25-48(43)55/h18-27,29-33H,8-17,28H2,1-7H3,(H,56,57)/b36-29-. The minimum absolute atomic E-state index is 0.0326. The third kappa shape index (κ3) is 8.52. The summed E-state index contributed by atoms with van der Waals surface area (Å²) >= 11 is 1.50. The molecule has 300 valence electrons. The van der Waals surface area contributed by atoms with E-state index in [1.165, 1.54) is 130 Å². The van der Waals surface area contributed by atoms with Crippen LogP contribution >= 0.6 is 11.3 Å². The fourth-order valence-corrected chi connectivity index (χ4v) is 9.43. The average molecular weight is 790 g/mol. The number of fused-ring (bicyclic) bond motifs is 6. The molecule has 0 aliphatic heterocycles. The van der Waals surface area contributed by atoms with E-state index in [4.69, 9.17) is 0 Å². The van der Waals surface area contributed by atoms with Gasteiger partial charge in [-0.2, -0.15) is 5.26 Å². The maximum absolute atomic E-state index is 11.5. The second kappa shape index (κ2) is 17.0. The van der Waals surface area contributed by atoms with Crippen LogP contribution in [0.15, 0.2) is 90.5 Å². The van der Waals surface area contributed by atoms with Gasteiger partial charge in [-0.25, -0.2) is 4.79 Å². The van der Waals surface area contributed by atoms with Crippen LogP contribution in [0.5, 0.6) is 0 Å². The molecule has 4 aromatic carbocycles. The Morgan fingerprint density at radius 2 is 1.17 bits per heavy atom. The molecule has 0 saturated heterocycles. The summed E-state index contributed by atoms with van der Waals surface area (Å²) in [6.07, 6.45) is 14.5. The van der Waals surface area contributed by atoms with E-state index in [9.17, 15) is 15.2 Å². The number of aromatic nitrogens is 2. The molecule has 0 fully saturated rings. The third-order valence-corrected chi connectivity index (χ3v) is 13.0. The zero-order valence-electron chi connectivity index (χ0n) is 35.5. The van der Waals surface area contributed by atoms with Crippen molar-refractivity contribution in [2.45, 2.75) is 130 Å². The number of unbranched alkanes of at least 4 members (excludes halogenated alkanes) is 9. The molecule has 3 heterocycles. The van der Waals surface area contributed by atoms with Crippen LogP contribution in [0.4, 0.5) is 0 Å². The lowest BCUT2D eigenvalue weighted by Gasteiger charge is -2.19. The second-order valence-electron chi connectivity index (χ2n) is 18.2. The highest BCUT2D eigenvalue weighted by molar-refractivity contribution is 7.16. The molecule has 0 aliphatic rings. The van der Waals surface area contributed by atoms with Crippen LogP contribution in [-0.2, 0) is 22.2 Å². The number of carbonyl (C=O) groups is 1. The summed E-state index contributed by atoms with van der Waals surface area (Å²) in [5.74, 6) is -1.21. The van der Waals surface area contributed by atoms with Crippen LogP contribution in [0.1, 0.15) is 129 Å². The zero-order valence-corrected chi connectivity index (χ0v) is 36.4. The van der Waals surface area contributed by atoms with Gasteiger partial charge in [-0.15, -0.1) is 11.3 Å². The number of hydrogen-bond acceptors (Lipinski definition) is 3. The van der Waals surface area contributed by atoms with Gasteiger partial charge in [-0.05, 0) is 107 Å². The van der Waals surface area contributed by atoms with Crippen molar-refractivity contribution in [2.24, 2.45) is 0 Å². The van der Waals surface area contributed by atoms with E-state index in [1.807, 2.05) is 12.1 Å². The molecule has 0 bridgehead atoms. The van der Waals surface area contributed by atoms with Gasteiger partial charge in [-0.1, -0.05) is 124 Å². The molecule has 0 unspecified atom stereocenters. The normalized spacial score (nSPS) is 12.7. The average Bonchev–Trinajstić information content (AvgIpc) is 3.88. The van der Waals surface area contributed by atoms with Crippen LogP contribution in [0, 0.1) is 11.3 Å². The first-order valence-corrected chi connectivity index (χ1v) is 22.2. The molecule has 0 spiro atoms. The van der Waals surface area contributed by atoms with E-state index in [0.717, 1.165) is 34.0 Å². The number of benzene rings is 4. The van der Waals surface area contributed by atoms with Crippen molar-refractivity contribution in [1.82, 2.24) is 9.13 Å². The Morgan fingerprint density at radius 1 is 0.655 bits per heavy atom. The van der Waals surface area contributed by atoms with Crippen LogP contribution in [-0.4, -0.2) is 20.2 Å². The second-order valence-corrected chi connectivity index (χ2v) is 19.4. The Balaban J connectivity index is 1.32. The molecule has 3 aromatic heterocycles. The van der Waals surface area contributed by atoms with E-state index >= 15 is 0 Å². The summed E-state index contributed by atoms with van der Waals surface area (Å²) < 4.78 is 4.97. The number of nitrogens with zero attached hydrogens (tertiary/aromatic N) is 3. The van der Waals surface area contributed by atoms with Crippen LogP contribution in [0.3, 0.4) is 0 Å². The van der Waals surface area contributed by atoms with Gasteiger partial charge in [-0.3, -0.25) is 0 Å². The molecule has 1 N–H and O–H groups in total. The molecule has 7 rings (SSSR count). The first-order valence-electron chi connectivity index (χ1n) is 21.4. The van der Waals surface area contributed by atoms with Gasteiger partial charge in [0.05, 0.1) is 11.0 Å². The Morgan fingerprint density at radius 3 is 1.72 bits per heavy atom. The number of aryl methyl sites for hydroxylation is 1. The van der Waals surface area contributed by atoms with Gasteiger partial charge in [0.15, 0.2) is 0 Å². The van der Waals surface area contributed by atoms with Gasteiger partial charge >= 0.3 is 5.97 Å². The number of carboxylic acids is 1. The van der Waals surface area contributed by atoms with Crippen LogP contribution in [0.2, 0.25) is 0 Å². The van der Waals surface area contributed by atoms with Crippen molar-refractivity contribution >= 4 is 67.0 Å². The molecule has 0 atom stereocenters. The van der Waals surface area contributed by atoms with Crippen molar-refractivity contribution in [3.8, 4) is 22.2 Å². The Labute approximate surface area is 348 Å². The number of hydrogen-bond donors (Lipinski definition) is 1. The van der Waals surface area contributed by atoms with E-state index < -0.39 is 5.97 Å². The zero-order chi connectivity index (χ0) is 41.2. The molecule has 0 radical (unpaired) electrons. The van der Waals surface area contributed by atoms with Crippen LogP contribution in [0.25, 0.3) is 65.8 Å². The summed E-state index contributed by atoms with van der Waals surface area (Å²) in [5, 5.41) is 23.8. The predicted molar refractivity (Wildman–Crippen MR) is 248 cm³/mol. The van der Waals surface area contributed by atoms with Crippen molar-refractivity contribution < 1.29 is 9.90 Å². The maximum Gasteiger partial charge on any atom is 0.346 e. The molecule has 6 heteroatoms. The smallest absolute Gasteiger partial charge is 0.346 e. The Kier molecular flexibility index (Phi) is 12.0. The topological polar surface area (TPSA) is 70.9 Å². The minimum Gasteiger partial charge on any atom is -0.477 e. The maximum atomic E-state index is 11.5. The SMILES string of the molecule is CCCCCCCCCCCCn1c2ccc(-c3ccc(/C=C(/C#N)C(=O)O)s3)cc2c2cc(-n3c4ccc(C(C)(C)C)cc4c4cc(C(C)(C)C)ccc43)ccc21. The van der Waals surface area contributed by atoms with Crippen molar-refractivity contribution in [1.29, 1.82) is 5.26 Å². The first kappa shape index (κ1) is 41.1. The van der Waals surface area contributed by atoms with E-state index in [2.05, 4.69) is 130 Å². The summed E-state index contributed by atoms with van der Waals surface area (Å²) in [6.45, 7) is 17.0. The van der Waals surface area contributed by atoms with Gasteiger partial charge in [0.1, 0.15) is 11.6 Å². The van der Waals surface area contributed by atoms with Gasteiger partial charge in [0, 0.05) is 54.6 Å².